The average Bonchev–Trinajstić information content (AvgIpc) is 2.93. The fourth-order valence-electron chi connectivity index (χ4n) is 6.03. The number of hydrogen-bond acceptors (Lipinski definition) is 0. The third-order valence-electron chi connectivity index (χ3n) is 7.71. The third kappa shape index (κ3) is 3.26. The summed E-state index contributed by atoms with van der Waals surface area (Å²) >= 11 is 0. The van der Waals surface area contributed by atoms with Gasteiger partial charge < -0.3 is 0 Å². The molecule has 4 rings (SSSR count). The van der Waals surface area contributed by atoms with Crippen LogP contribution in [0.2, 0.25) is 5.04 Å². The highest BCUT2D eigenvalue weighted by Crippen LogP contribution is 2.52. The Morgan fingerprint density at radius 3 is 1.81 bits per heavy atom. The lowest BCUT2D eigenvalue weighted by Crippen LogP contribution is -2.73. The fraction of sp³-hybridized carbons (Fsp3) is 0.290. The molecule has 1 aliphatic carbocycles. The van der Waals surface area contributed by atoms with Gasteiger partial charge in [-0.2, -0.15) is 0 Å². The van der Waals surface area contributed by atoms with Crippen LogP contribution in [0.1, 0.15) is 49.9 Å². The normalized spacial score (nSPS) is 20.3. The van der Waals surface area contributed by atoms with Crippen LogP contribution in [-0.4, -0.2) is 8.07 Å². The standard InChI is InChI=1S/C31H35Si/c1-21-14-15-30(24(4)17-21)32(28-12-10-9-11-13-28,29-18-22(2)16-23(3)19-29)31(8)20-25(5)26(6)27(31)7/h9-19H,1-8H3. The second kappa shape index (κ2) is 8.05. The van der Waals surface area contributed by atoms with E-state index in [1.54, 1.807) is 0 Å². The van der Waals surface area contributed by atoms with E-state index in [4.69, 9.17) is 0 Å². The number of allylic oxidation sites excluding steroid dienone is 4. The van der Waals surface area contributed by atoms with Crippen molar-refractivity contribution in [3.05, 3.63) is 112 Å². The van der Waals surface area contributed by atoms with Crippen LogP contribution in [0.5, 0.6) is 0 Å². The van der Waals surface area contributed by atoms with Crippen molar-refractivity contribution in [2.24, 2.45) is 0 Å². The molecule has 1 aliphatic rings. The summed E-state index contributed by atoms with van der Waals surface area (Å²) in [5.74, 6) is 0. The Morgan fingerprint density at radius 1 is 0.656 bits per heavy atom. The Kier molecular flexibility index (Phi) is 5.67. The molecule has 0 amide bonds. The Morgan fingerprint density at radius 2 is 1.28 bits per heavy atom. The summed E-state index contributed by atoms with van der Waals surface area (Å²) in [5, 5.41) is 4.25. The zero-order chi connectivity index (χ0) is 23.3. The molecule has 0 aromatic heterocycles. The fourth-order valence-corrected chi connectivity index (χ4v) is 12.4. The second-order valence-corrected chi connectivity index (χ2v) is 14.1. The number of aryl methyl sites for hydroxylation is 4. The highest BCUT2D eigenvalue weighted by atomic mass is 28.3. The molecule has 3 aromatic carbocycles. The van der Waals surface area contributed by atoms with Crippen LogP contribution in [0.25, 0.3) is 0 Å². The van der Waals surface area contributed by atoms with Gasteiger partial charge in [-0.1, -0.05) is 101 Å². The van der Waals surface area contributed by atoms with E-state index in [1.807, 2.05) is 0 Å². The Balaban J connectivity index is 2.26. The van der Waals surface area contributed by atoms with Crippen molar-refractivity contribution in [1.82, 2.24) is 0 Å². The van der Waals surface area contributed by atoms with Gasteiger partial charge in [0.1, 0.15) is 0 Å². The van der Waals surface area contributed by atoms with Crippen molar-refractivity contribution in [3.63, 3.8) is 0 Å². The van der Waals surface area contributed by atoms with Crippen molar-refractivity contribution < 1.29 is 0 Å². The summed E-state index contributed by atoms with van der Waals surface area (Å²) in [4.78, 5) is 0. The van der Waals surface area contributed by atoms with E-state index in [0.29, 0.717) is 0 Å². The lowest BCUT2D eigenvalue weighted by atomic mass is 10.0. The average molecular weight is 436 g/mol. The van der Waals surface area contributed by atoms with Gasteiger partial charge in [-0.3, -0.25) is 0 Å². The molecule has 0 spiro atoms. The second-order valence-electron chi connectivity index (χ2n) is 9.94. The van der Waals surface area contributed by atoms with Crippen LogP contribution in [0, 0.1) is 33.8 Å². The van der Waals surface area contributed by atoms with Gasteiger partial charge >= 0.3 is 0 Å². The van der Waals surface area contributed by atoms with Gasteiger partial charge in [0.05, 0.1) is 0 Å². The highest BCUT2D eigenvalue weighted by molar-refractivity contribution is 7.14. The van der Waals surface area contributed by atoms with Gasteiger partial charge in [0.15, 0.2) is 8.07 Å². The van der Waals surface area contributed by atoms with Crippen molar-refractivity contribution in [2.45, 2.75) is 60.4 Å². The SMILES string of the molecule is CC1=[C]C(C)([Si](c2ccccc2)(c2cc(C)cc(C)c2)c2ccc(C)cc2C)C(C)=C1C. The molecule has 0 aliphatic heterocycles. The lowest BCUT2D eigenvalue weighted by molar-refractivity contribution is 0.847. The summed E-state index contributed by atoms with van der Waals surface area (Å²) in [7, 11) is -2.58. The van der Waals surface area contributed by atoms with E-state index < -0.39 is 8.07 Å². The van der Waals surface area contributed by atoms with Gasteiger partial charge in [-0.15, -0.1) is 0 Å². The minimum Gasteiger partial charge on any atom is -0.0624 e. The minimum absolute atomic E-state index is 0.178. The molecule has 32 heavy (non-hydrogen) atoms. The summed E-state index contributed by atoms with van der Waals surface area (Å²) in [5.41, 5.74) is 9.53. The molecule has 2 unspecified atom stereocenters. The molecule has 0 saturated heterocycles. The summed E-state index contributed by atoms with van der Waals surface area (Å²) < 4.78 is 0. The Hall–Kier alpha value is -2.64. The summed E-state index contributed by atoms with van der Waals surface area (Å²) in [6.45, 7) is 18.3. The zero-order valence-electron chi connectivity index (χ0n) is 20.9. The molecular weight excluding hydrogens is 400 g/mol. The Labute approximate surface area is 195 Å². The first kappa shape index (κ1) is 22.5. The largest absolute Gasteiger partial charge is 0.162 e. The summed E-state index contributed by atoms with van der Waals surface area (Å²) in [6.07, 6.45) is 4.05. The van der Waals surface area contributed by atoms with E-state index >= 15 is 0 Å². The first-order chi connectivity index (χ1) is 15.1. The van der Waals surface area contributed by atoms with Crippen molar-refractivity contribution in [1.29, 1.82) is 0 Å². The van der Waals surface area contributed by atoms with E-state index in [2.05, 4.69) is 128 Å². The Bertz CT molecular complexity index is 1220. The first-order valence-corrected chi connectivity index (χ1v) is 13.6. The zero-order valence-corrected chi connectivity index (χ0v) is 21.9. The van der Waals surface area contributed by atoms with E-state index in [1.165, 1.54) is 54.5 Å². The predicted octanol–water partition coefficient (Wildman–Crippen LogP) is 6.25. The minimum atomic E-state index is -2.58. The van der Waals surface area contributed by atoms with E-state index in [0.717, 1.165) is 0 Å². The maximum atomic E-state index is 4.05. The maximum absolute atomic E-state index is 4.05. The monoisotopic (exact) mass is 435 g/mol. The molecule has 0 fully saturated rings. The van der Waals surface area contributed by atoms with Crippen LogP contribution in [0.4, 0.5) is 0 Å². The predicted molar refractivity (Wildman–Crippen MR) is 142 cm³/mol. The first-order valence-electron chi connectivity index (χ1n) is 11.6. The molecule has 1 heteroatoms. The molecule has 0 heterocycles. The van der Waals surface area contributed by atoms with Gasteiger partial charge in [-0.25, -0.2) is 0 Å². The van der Waals surface area contributed by atoms with Crippen LogP contribution in [0.15, 0.2) is 83.4 Å². The van der Waals surface area contributed by atoms with Gasteiger partial charge in [-0.05, 0) is 81.2 Å². The molecule has 0 bridgehead atoms. The third-order valence-corrected chi connectivity index (χ3v) is 13.4. The van der Waals surface area contributed by atoms with Crippen molar-refractivity contribution in [3.8, 4) is 0 Å². The summed E-state index contributed by atoms with van der Waals surface area (Å²) in [6, 6.07) is 25.6. The lowest BCUT2D eigenvalue weighted by Gasteiger charge is -2.47. The quantitative estimate of drug-likeness (QED) is 0.336. The molecule has 1 radical (unpaired) electrons. The molecule has 2 atom stereocenters. The smallest absolute Gasteiger partial charge is 0.0624 e. The van der Waals surface area contributed by atoms with Crippen LogP contribution in [-0.2, 0) is 0 Å². The van der Waals surface area contributed by atoms with E-state index in [9.17, 15) is 0 Å². The van der Waals surface area contributed by atoms with Crippen LogP contribution in [0.3, 0.4) is 0 Å². The molecule has 163 valence electrons. The molecular formula is C31H35Si. The molecule has 0 saturated carbocycles. The van der Waals surface area contributed by atoms with Gasteiger partial charge in [0, 0.05) is 5.04 Å². The van der Waals surface area contributed by atoms with Crippen molar-refractivity contribution >= 4 is 23.6 Å². The number of hydrogen-bond donors (Lipinski definition) is 0. The van der Waals surface area contributed by atoms with Crippen molar-refractivity contribution in [2.75, 3.05) is 0 Å². The topological polar surface area (TPSA) is 0 Å². The van der Waals surface area contributed by atoms with Gasteiger partial charge in [0.2, 0.25) is 0 Å². The van der Waals surface area contributed by atoms with Gasteiger partial charge in [0.25, 0.3) is 0 Å². The molecule has 3 aromatic rings. The maximum Gasteiger partial charge on any atom is 0.162 e. The van der Waals surface area contributed by atoms with Crippen LogP contribution < -0.4 is 15.6 Å². The number of rotatable bonds is 4. The highest BCUT2D eigenvalue weighted by Gasteiger charge is 2.56. The van der Waals surface area contributed by atoms with E-state index in [-0.39, 0.29) is 5.04 Å². The molecule has 0 N–H and O–H groups in total. The number of benzene rings is 3. The molecule has 0 nitrogen and oxygen atoms in total. The van der Waals surface area contributed by atoms with Crippen LogP contribution >= 0.6 is 0 Å².